The average Bonchev–Trinajstić information content (AvgIpc) is 2.62. The van der Waals surface area contributed by atoms with Crippen LogP contribution < -0.4 is 9.47 Å². The summed E-state index contributed by atoms with van der Waals surface area (Å²) in [7, 11) is 1.52. The van der Waals surface area contributed by atoms with Crippen LogP contribution in [0.15, 0.2) is 36.9 Å². The first-order chi connectivity index (χ1) is 11.3. The van der Waals surface area contributed by atoms with E-state index in [1.807, 2.05) is 0 Å². The van der Waals surface area contributed by atoms with E-state index in [0.717, 1.165) is 19.4 Å². The Morgan fingerprint density at radius 1 is 1.17 bits per heavy atom. The molecule has 7 heteroatoms. The van der Waals surface area contributed by atoms with Crippen LogP contribution >= 0.6 is 0 Å². The van der Waals surface area contributed by atoms with Crippen LogP contribution in [0.25, 0.3) is 0 Å². The Labute approximate surface area is 134 Å². The molecule has 0 radical (unpaired) electrons. The van der Waals surface area contributed by atoms with Gasteiger partial charge in [0, 0.05) is 36.9 Å². The van der Waals surface area contributed by atoms with E-state index in [4.69, 9.17) is 9.47 Å². The average molecular weight is 314 g/mol. The Kier molecular flexibility index (Phi) is 4.65. The maximum absolute atomic E-state index is 12.5. The van der Waals surface area contributed by atoms with Gasteiger partial charge in [-0.05, 0) is 25.0 Å². The van der Waals surface area contributed by atoms with Crippen LogP contribution in [0.2, 0.25) is 0 Å². The first-order valence-electron chi connectivity index (χ1n) is 7.49. The largest absolute Gasteiger partial charge is 0.477 e. The highest BCUT2D eigenvalue weighted by atomic mass is 16.5. The number of piperidine rings is 1. The van der Waals surface area contributed by atoms with Crippen molar-refractivity contribution in [3.8, 4) is 11.8 Å². The van der Waals surface area contributed by atoms with Crippen molar-refractivity contribution in [2.45, 2.75) is 18.9 Å². The number of carbonyl (C=O) groups is 1. The molecular weight excluding hydrogens is 296 g/mol. The van der Waals surface area contributed by atoms with E-state index in [1.54, 1.807) is 41.8 Å². The van der Waals surface area contributed by atoms with Gasteiger partial charge >= 0.3 is 0 Å². The molecule has 1 unspecified atom stereocenters. The molecule has 1 saturated heterocycles. The maximum Gasteiger partial charge on any atom is 0.278 e. The summed E-state index contributed by atoms with van der Waals surface area (Å²) in [6.45, 7) is 1.24. The predicted octanol–water partition coefficient (Wildman–Crippen LogP) is 1.56. The van der Waals surface area contributed by atoms with Gasteiger partial charge in [0.15, 0.2) is 0 Å². The molecule has 1 aliphatic heterocycles. The third-order valence-electron chi connectivity index (χ3n) is 3.70. The standard InChI is InChI=1S/C16H18N4O3/c1-22-14-15(19-9-8-18-14)23-13-3-2-10-20(11-13)16(21)12-4-6-17-7-5-12/h4-9,13H,2-3,10-11H2,1H3. The second kappa shape index (κ2) is 7.04. The van der Waals surface area contributed by atoms with Crippen molar-refractivity contribution in [2.24, 2.45) is 0 Å². The van der Waals surface area contributed by atoms with E-state index in [-0.39, 0.29) is 12.0 Å². The van der Waals surface area contributed by atoms with Gasteiger partial charge in [-0.2, -0.15) is 0 Å². The van der Waals surface area contributed by atoms with Crippen molar-refractivity contribution in [1.82, 2.24) is 19.9 Å². The van der Waals surface area contributed by atoms with Gasteiger partial charge in [0.1, 0.15) is 6.10 Å². The minimum atomic E-state index is -0.125. The van der Waals surface area contributed by atoms with Crippen molar-refractivity contribution in [1.29, 1.82) is 0 Å². The zero-order chi connectivity index (χ0) is 16.1. The molecule has 7 nitrogen and oxygen atoms in total. The molecule has 2 aromatic heterocycles. The molecule has 1 amide bonds. The summed E-state index contributed by atoms with van der Waals surface area (Å²) in [5, 5.41) is 0. The summed E-state index contributed by atoms with van der Waals surface area (Å²) in [6.07, 6.45) is 7.96. The Balaban J connectivity index is 1.68. The number of hydrogen-bond acceptors (Lipinski definition) is 6. The Morgan fingerprint density at radius 2 is 1.91 bits per heavy atom. The lowest BCUT2D eigenvalue weighted by atomic mass is 10.1. The van der Waals surface area contributed by atoms with Gasteiger partial charge in [0.25, 0.3) is 17.7 Å². The zero-order valence-corrected chi connectivity index (χ0v) is 12.9. The predicted molar refractivity (Wildman–Crippen MR) is 82.4 cm³/mol. The molecule has 23 heavy (non-hydrogen) atoms. The number of hydrogen-bond donors (Lipinski definition) is 0. The quantitative estimate of drug-likeness (QED) is 0.852. The lowest BCUT2D eigenvalue weighted by Crippen LogP contribution is -2.44. The summed E-state index contributed by atoms with van der Waals surface area (Å²) in [6, 6.07) is 3.44. The highest BCUT2D eigenvalue weighted by molar-refractivity contribution is 5.94. The van der Waals surface area contributed by atoms with Gasteiger partial charge in [-0.1, -0.05) is 0 Å². The van der Waals surface area contributed by atoms with Gasteiger partial charge in [-0.3, -0.25) is 9.78 Å². The lowest BCUT2D eigenvalue weighted by Gasteiger charge is -2.32. The maximum atomic E-state index is 12.5. The number of likely N-dealkylation sites (tertiary alicyclic amines) is 1. The summed E-state index contributed by atoms with van der Waals surface area (Å²) < 4.78 is 11.0. The van der Waals surface area contributed by atoms with Crippen LogP contribution in [-0.4, -0.2) is 52.1 Å². The number of amides is 1. The lowest BCUT2D eigenvalue weighted by molar-refractivity contribution is 0.0519. The monoisotopic (exact) mass is 314 g/mol. The zero-order valence-electron chi connectivity index (χ0n) is 12.9. The Bertz CT molecular complexity index is 665. The van der Waals surface area contributed by atoms with Crippen LogP contribution in [0.3, 0.4) is 0 Å². The second-order valence-corrected chi connectivity index (χ2v) is 5.24. The van der Waals surface area contributed by atoms with Gasteiger partial charge in [0.2, 0.25) is 0 Å². The van der Waals surface area contributed by atoms with Gasteiger partial charge < -0.3 is 14.4 Å². The van der Waals surface area contributed by atoms with E-state index in [0.29, 0.717) is 23.9 Å². The van der Waals surface area contributed by atoms with Crippen molar-refractivity contribution >= 4 is 5.91 Å². The number of ether oxygens (including phenoxy) is 2. The fourth-order valence-corrected chi connectivity index (χ4v) is 2.59. The molecule has 0 spiro atoms. The molecule has 0 aromatic carbocycles. The third-order valence-corrected chi connectivity index (χ3v) is 3.70. The number of methoxy groups -OCH3 is 1. The highest BCUT2D eigenvalue weighted by Crippen LogP contribution is 2.24. The van der Waals surface area contributed by atoms with Crippen LogP contribution in [0.5, 0.6) is 11.8 Å². The van der Waals surface area contributed by atoms with Crippen LogP contribution in [-0.2, 0) is 0 Å². The molecule has 1 fully saturated rings. The van der Waals surface area contributed by atoms with Crippen molar-refractivity contribution in [2.75, 3.05) is 20.2 Å². The smallest absolute Gasteiger partial charge is 0.278 e. The minimum absolute atomic E-state index is 0.00758. The summed E-state index contributed by atoms with van der Waals surface area (Å²) in [5.41, 5.74) is 0.637. The normalized spacial score (nSPS) is 17.6. The minimum Gasteiger partial charge on any atom is -0.477 e. The first kappa shape index (κ1) is 15.2. The van der Waals surface area contributed by atoms with E-state index in [1.165, 1.54) is 7.11 Å². The molecule has 0 saturated carbocycles. The molecule has 0 aliphatic carbocycles. The highest BCUT2D eigenvalue weighted by Gasteiger charge is 2.26. The van der Waals surface area contributed by atoms with Crippen molar-refractivity contribution < 1.29 is 14.3 Å². The summed E-state index contributed by atoms with van der Waals surface area (Å²) in [4.78, 5) is 26.5. The van der Waals surface area contributed by atoms with E-state index in [2.05, 4.69) is 15.0 Å². The van der Waals surface area contributed by atoms with E-state index in [9.17, 15) is 4.79 Å². The summed E-state index contributed by atoms with van der Waals surface area (Å²) >= 11 is 0. The number of carbonyl (C=O) groups excluding carboxylic acids is 1. The van der Waals surface area contributed by atoms with Crippen LogP contribution in [0.1, 0.15) is 23.2 Å². The van der Waals surface area contributed by atoms with Gasteiger partial charge in [-0.25, -0.2) is 9.97 Å². The molecular formula is C16H18N4O3. The molecule has 2 aromatic rings. The van der Waals surface area contributed by atoms with Crippen molar-refractivity contribution in [3.63, 3.8) is 0 Å². The van der Waals surface area contributed by atoms with E-state index < -0.39 is 0 Å². The number of aromatic nitrogens is 3. The van der Waals surface area contributed by atoms with Crippen molar-refractivity contribution in [3.05, 3.63) is 42.5 Å². The van der Waals surface area contributed by atoms with Gasteiger partial charge in [-0.15, -0.1) is 0 Å². The molecule has 0 bridgehead atoms. The SMILES string of the molecule is COc1nccnc1OC1CCCN(C(=O)c2ccncc2)C1. The first-order valence-corrected chi connectivity index (χ1v) is 7.49. The Hall–Kier alpha value is -2.70. The Morgan fingerprint density at radius 3 is 2.65 bits per heavy atom. The van der Waals surface area contributed by atoms with Crippen LogP contribution in [0.4, 0.5) is 0 Å². The number of nitrogens with zero attached hydrogens (tertiary/aromatic N) is 4. The fourth-order valence-electron chi connectivity index (χ4n) is 2.59. The third kappa shape index (κ3) is 3.56. The van der Waals surface area contributed by atoms with Gasteiger partial charge in [0.05, 0.1) is 13.7 Å². The number of rotatable bonds is 4. The van der Waals surface area contributed by atoms with E-state index >= 15 is 0 Å². The molecule has 1 aliphatic rings. The molecule has 3 heterocycles. The fraction of sp³-hybridized carbons (Fsp3) is 0.375. The van der Waals surface area contributed by atoms with Crippen LogP contribution in [0, 0.1) is 0 Å². The molecule has 120 valence electrons. The summed E-state index contributed by atoms with van der Waals surface area (Å²) in [5.74, 6) is 0.704. The molecule has 1 atom stereocenters. The molecule has 3 rings (SSSR count). The topological polar surface area (TPSA) is 77.4 Å². The number of pyridine rings is 1. The second-order valence-electron chi connectivity index (χ2n) is 5.24. The molecule has 0 N–H and O–H groups in total.